The standard InChI is InChI=1S/C25H25FN2O6S2/c1-13-23(35-25(28-13)33-6-3-7-36(2,31)32)14-4-5-19(26)16(8-14)12-34-20-10-15-9-17-21(18(15)11-27-20)22(17)24(29)30/h4-5,8,10-11,17,21-22H,3,6-7,9,12H2,1-2H3,(H,29,30). The van der Waals surface area contributed by atoms with Gasteiger partial charge in [-0.25, -0.2) is 22.8 Å². The van der Waals surface area contributed by atoms with Crippen molar-refractivity contribution in [2.45, 2.75) is 32.3 Å². The van der Waals surface area contributed by atoms with Crippen molar-refractivity contribution >= 4 is 27.1 Å². The average molecular weight is 533 g/mol. The maximum Gasteiger partial charge on any atom is 0.307 e. The van der Waals surface area contributed by atoms with Gasteiger partial charge in [0.25, 0.3) is 5.19 Å². The Hall–Kier alpha value is -3.05. The van der Waals surface area contributed by atoms with Gasteiger partial charge in [0.1, 0.15) is 22.3 Å². The summed E-state index contributed by atoms with van der Waals surface area (Å²) < 4.78 is 48.5. The Morgan fingerprint density at radius 2 is 2.08 bits per heavy atom. The largest absolute Gasteiger partial charge is 0.481 e. The summed E-state index contributed by atoms with van der Waals surface area (Å²) in [4.78, 5) is 20.8. The fraction of sp³-hybridized carbons (Fsp3) is 0.400. The zero-order valence-corrected chi connectivity index (χ0v) is 21.4. The summed E-state index contributed by atoms with van der Waals surface area (Å²) in [6.07, 6.45) is 3.95. The predicted octanol–water partition coefficient (Wildman–Crippen LogP) is 4.02. The molecule has 3 unspecified atom stereocenters. The summed E-state index contributed by atoms with van der Waals surface area (Å²) in [6.45, 7) is 2.07. The van der Waals surface area contributed by atoms with Gasteiger partial charge in [0.2, 0.25) is 5.88 Å². The number of thiazole rings is 1. The molecule has 0 aliphatic heterocycles. The molecular formula is C25H25FN2O6S2. The van der Waals surface area contributed by atoms with E-state index in [1.165, 1.54) is 23.7 Å². The third kappa shape index (κ3) is 5.08. The Balaban J connectivity index is 1.24. The average Bonchev–Trinajstić information content (AvgIpc) is 3.21. The second-order valence-corrected chi connectivity index (χ2v) is 12.5. The number of ether oxygens (including phenoxy) is 2. The number of benzene rings is 1. The lowest BCUT2D eigenvalue weighted by molar-refractivity contribution is -0.139. The number of hydrogen-bond acceptors (Lipinski definition) is 8. The third-order valence-corrected chi connectivity index (χ3v) is 8.76. The minimum Gasteiger partial charge on any atom is -0.481 e. The lowest BCUT2D eigenvalue weighted by atomic mass is 10.0. The van der Waals surface area contributed by atoms with Crippen LogP contribution in [0.1, 0.15) is 34.7 Å². The van der Waals surface area contributed by atoms with Crippen molar-refractivity contribution in [1.82, 2.24) is 9.97 Å². The molecule has 2 aliphatic carbocycles. The van der Waals surface area contributed by atoms with Crippen LogP contribution >= 0.6 is 11.3 Å². The fourth-order valence-corrected chi connectivity index (χ4v) is 6.42. The van der Waals surface area contributed by atoms with Gasteiger partial charge >= 0.3 is 5.97 Å². The Morgan fingerprint density at radius 1 is 1.28 bits per heavy atom. The van der Waals surface area contributed by atoms with E-state index in [9.17, 15) is 22.7 Å². The van der Waals surface area contributed by atoms with Gasteiger partial charge in [0.05, 0.1) is 28.8 Å². The van der Waals surface area contributed by atoms with Crippen LogP contribution in [0.25, 0.3) is 10.4 Å². The number of hydrogen-bond donors (Lipinski definition) is 1. The van der Waals surface area contributed by atoms with Crippen LogP contribution in [-0.4, -0.2) is 48.1 Å². The highest BCUT2D eigenvalue weighted by molar-refractivity contribution is 7.90. The van der Waals surface area contributed by atoms with Gasteiger partial charge in [-0.15, -0.1) is 0 Å². The van der Waals surface area contributed by atoms with E-state index in [4.69, 9.17) is 9.47 Å². The highest BCUT2D eigenvalue weighted by atomic mass is 32.2. The van der Waals surface area contributed by atoms with Crippen LogP contribution in [0, 0.1) is 24.6 Å². The molecule has 1 saturated carbocycles. The molecule has 1 fully saturated rings. The van der Waals surface area contributed by atoms with Crippen molar-refractivity contribution in [3.8, 4) is 21.5 Å². The van der Waals surface area contributed by atoms with E-state index in [1.807, 2.05) is 13.0 Å². The molecule has 11 heteroatoms. The number of pyridine rings is 1. The summed E-state index contributed by atoms with van der Waals surface area (Å²) in [5, 5.41) is 9.70. The maximum atomic E-state index is 14.5. The molecule has 190 valence electrons. The zero-order chi connectivity index (χ0) is 25.6. The van der Waals surface area contributed by atoms with Gasteiger partial charge < -0.3 is 14.6 Å². The first-order valence-corrected chi connectivity index (χ1v) is 14.4. The molecule has 2 aliphatic rings. The number of fused-ring (bicyclic) bond motifs is 3. The number of carboxylic acid groups (broad SMARTS) is 1. The molecule has 3 aromatic rings. The van der Waals surface area contributed by atoms with E-state index < -0.39 is 21.6 Å². The Morgan fingerprint density at radius 3 is 2.83 bits per heavy atom. The van der Waals surface area contributed by atoms with Gasteiger partial charge in [0, 0.05) is 30.0 Å². The van der Waals surface area contributed by atoms with Crippen molar-refractivity contribution in [2.75, 3.05) is 18.6 Å². The first-order valence-electron chi connectivity index (χ1n) is 11.5. The maximum absolute atomic E-state index is 14.5. The lowest BCUT2D eigenvalue weighted by Gasteiger charge is -2.11. The molecule has 1 aromatic carbocycles. The van der Waals surface area contributed by atoms with Gasteiger partial charge in [-0.2, -0.15) is 0 Å². The van der Waals surface area contributed by atoms with Crippen molar-refractivity contribution in [1.29, 1.82) is 0 Å². The predicted molar refractivity (Wildman–Crippen MR) is 132 cm³/mol. The monoisotopic (exact) mass is 532 g/mol. The molecular weight excluding hydrogens is 507 g/mol. The van der Waals surface area contributed by atoms with Crippen molar-refractivity contribution in [3.05, 3.63) is 58.7 Å². The van der Waals surface area contributed by atoms with Crippen molar-refractivity contribution in [2.24, 2.45) is 11.8 Å². The van der Waals surface area contributed by atoms with Gasteiger partial charge in [0.15, 0.2) is 0 Å². The molecule has 0 spiro atoms. The molecule has 5 rings (SSSR count). The van der Waals surface area contributed by atoms with Gasteiger partial charge in [-0.05, 0) is 54.5 Å². The summed E-state index contributed by atoms with van der Waals surface area (Å²) in [7, 11) is -3.04. The summed E-state index contributed by atoms with van der Waals surface area (Å²) in [5.74, 6) is -0.849. The molecule has 2 heterocycles. The van der Waals surface area contributed by atoms with E-state index in [0.717, 1.165) is 27.3 Å². The molecule has 2 aromatic heterocycles. The number of aliphatic carboxylic acids is 1. The van der Waals surface area contributed by atoms with Crippen LogP contribution in [0.15, 0.2) is 30.5 Å². The minimum absolute atomic E-state index is 0.0111. The Bertz CT molecular complexity index is 1440. The third-order valence-electron chi connectivity index (χ3n) is 6.61. The van der Waals surface area contributed by atoms with Crippen LogP contribution in [-0.2, 0) is 27.7 Å². The van der Waals surface area contributed by atoms with E-state index in [-0.39, 0.29) is 36.7 Å². The molecule has 0 amide bonds. The van der Waals surface area contributed by atoms with Crippen LogP contribution in [0.5, 0.6) is 11.1 Å². The second-order valence-electron chi connectivity index (χ2n) is 9.30. The molecule has 1 N–H and O–H groups in total. The quantitative estimate of drug-likeness (QED) is 0.390. The normalized spacial score (nSPS) is 20.0. The highest BCUT2D eigenvalue weighted by Crippen LogP contribution is 2.61. The van der Waals surface area contributed by atoms with E-state index in [0.29, 0.717) is 29.5 Å². The van der Waals surface area contributed by atoms with Crippen LogP contribution in [0.4, 0.5) is 4.39 Å². The van der Waals surface area contributed by atoms with Crippen molar-refractivity contribution < 1.29 is 32.2 Å². The molecule has 36 heavy (non-hydrogen) atoms. The fourth-order valence-electron chi connectivity index (χ4n) is 4.84. The molecule has 0 bridgehead atoms. The van der Waals surface area contributed by atoms with Gasteiger partial charge in [-0.3, -0.25) is 4.79 Å². The van der Waals surface area contributed by atoms with E-state index in [2.05, 4.69) is 9.97 Å². The Labute approximate surface area is 212 Å². The first kappa shape index (κ1) is 24.6. The summed E-state index contributed by atoms with van der Waals surface area (Å²) in [5.41, 5.74) is 3.90. The first-order chi connectivity index (χ1) is 17.1. The molecule has 8 nitrogen and oxygen atoms in total. The number of rotatable bonds is 10. The number of carboxylic acids is 1. The topological polar surface area (TPSA) is 116 Å². The highest BCUT2D eigenvalue weighted by Gasteiger charge is 2.59. The SMILES string of the molecule is Cc1nc(OCCCS(C)(=O)=O)sc1-c1ccc(F)c(COc2cc3c(cn2)C2C(C3)C2C(=O)O)c1. The number of carbonyl (C=O) groups is 1. The lowest BCUT2D eigenvalue weighted by Crippen LogP contribution is -2.07. The van der Waals surface area contributed by atoms with Gasteiger partial charge in [-0.1, -0.05) is 17.4 Å². The molecule has 0 saturated heterocycles. The van der Waals surface area contributed by atoms with E-state index in [1.54, 1.807) is 18.3 Å². The summed E-state index contributed by atoms with van der Waals surface area (Å²) >= 11 is 1.32. The minimum atomic E-state index is -3.04. The Kier molecular flexibility index (Phi) is 6.46. The smallest absolute Gasteiger partial charge is 0.307 e. The van der Waals surface area contributed by atoms with Crippen LogP contribution < -0.4 is 9.47 Å². The second kappa shape index (κ2) is 9.44. The molecule has 3 atom stereocenters. The number of nitrogens with zero attached hydrogens (tertiary/aromatic N) is 2. The van der Waals surface area contributed by atoms with Crippen molar-refractivity contribution in [3.63, 3.8) is 0 Å². The zero-order valence-electron chi connectivity index (χ0n) is 19.7. The molecule has 0 radical (unpaired) electrons. The number of aryl methyl sites for hydroxylation is 1. The van der Waals surface area contributed by atoms with Crippen LogP contribution in [0.3, 0.4) is 0 Å². The number of sulfone groups is 1. The van der Waals surface area contributed by atoms with Crippen LogP contribution in [0.2, 0.25) is 0 Å². The van der Waals surface area contributed by atoms with E-state index >= 15 is 0 Å². The summed E-state index contributed by atoms with van der Waals surface area (Å²) in [6, 6.07) is 6.59. The number of aromatic nitrogens is 2. The number of halogens is 1.